The Morgan fingerprint density at radius 3 is 2.59 bits per heavy atom. The molecule has 1 heterocycles. The van der Waals surface area contributed by atoms with Gasteiger partial charge in [0.05, 0.1) is 19.0 Å². The Labute approximate surface area is 159 Å². The van der Waals surface area contributed by atoms with E-state index in [9.17, 15) is 4.79 Å². The van der Waals surface area contributed by atoms with E-state index < -0.39 is 0 Å². The van der Waals surface area contributed by atoms with Crippen molar-refractivity contribution >= 4 is 17.3 Å². The van der Waals surface area contributed by atoms with Gasteiger partial charge in [0.2, 0.25) is 0 Å². The van der Waals surface area contributed by atoms with Gasteiger partial charge in [0.25, 0.3) is 5.91 Å². The Morgan fingerprint density at radius 1 is 1.00 bits per heavy atom. The van der Waals surface area contributed by atoms with Crippen LogP contribution in [0.15, 0.2) is 72.9 Å². The van der Waals surface area contributed by atoms with Crippen molar-refractivity contribution in [1.29, 1.82) is 0 Å². The average molecular weight is 361 g/mol. The fourth-order valence-electron chi connectivity index (χ4n) is 2.70. The van der Waals surface area contributed by atoms with Gasteiger partial charge in [-0.25, -0.2) is 4.98 Å². The number of aryl methyl sites for hydroxylation is 1. The van der Waals surface area contributed by atoms with E-state index in [-0.39, 0.29) is 5.91 Å². The second kappa shape index (κ2) is 9.38. The van der Waals surface area contributed by atoms with Crippen LogP contribution in [0.4, 0.5) is 11.4 Å². The SMILES string of the molecule is COc1cccc(NC(=O)c2ccc(NCCCc3ccccc3)cn2)c1. The molecule has 0 radical (unpaired) electrons. The molecule has 0 spiro atoms. The highest BCUT2D eigenvalue weighted by Crippen LogP contribution is 2.17. The van der Waals surface area contributed by atoms with Gasteiger partial charge in [-0.2, -0.15) is 0 Å². The summed E-state index contributed by atoms with van der Waals surface area (Å²) in [4.78, 5) is 16.6. The van der Waals surface area contributed by atoms with Gasteiger partial charge in [0.1, 0.15) is 11.4 Å². The van der Waals surface area contributed by atoms with Gasteiger partial charge < -0.3 is 15.4 Å². The zero-order chi connectivity index (χ0) is 18.9. The standard InChI is InChI=1S/C22H23N3O2/c1-27-20-11-5-10-18(15-20)25-22(26)21-13-12-19(16-24-21)23-14-6-9-17-7-3-2-4-8-17/h2-5,7-8,10-13,15-16,23H,6,9,14H2,1H3,(H,25,26). The quantitative estimate of drug-likeness (QED) is 0.584. The molecule has 27 heavy (non-hydrogen) atoms. The molecule has 5 heteroatoms. The van der Waals surface area contributed by atoms with Crippen LogP contribution in [0.3, 0.4) is 0 Å². The molecule has 0 fully saturated rings. The molecule has 0 aliphatic heterocycles. The smallest absolute Gasteiger partial charge is 0.274 e. The number of methoxy groups -OCH3 is 1. The van der Waals surface area contributed by atoms with Crippen LogP contribution in [0.1, 0.15) is 22.5 Å². The van der Waals surface area contributed by atoms with E-state index >= 15 is 0 Å². The maximum Gasteiger partial charge on any atom is 0.274 e. The van der Waals surface area contributed by atoms with Gasteiger partial charge in [-0.1, -0.05) is 36.4 Å². The molecular weight excluding hydrogens is 338 g/mol. The van der Waals surface area contributed by atoms with E-state index in [1.165, 1.54) is 5.56 Å². The third-order valence-corrected chi connectivity index (χ3v) is 4.14. The summed E-state index contributed by atoms with van der Waals surface area (Å²) in [6, 6.07) is 21.2. The minimum atomic E-state index is -0.251. The Balaban J connectivity index is 1.48. The normalized spacial score (nSPS) is 10.3. The first-order valence-electron chi connectivity index (χ1n) is 8.94. The zero-order valence-corrected chi connectivity index (χ0v) is 15.3. The van der Waals surface area contributed by atoms with Crippen LogP contribution in [0.5, 0.6) is 5.75 Å². The van der Waals surface area contributed by atoms with Gasteiger partial charge in [-0.05, 0) is 42.7 Å². The Bertz CT molecular complexity index is 864. The van der Waals surface area contributed by atoms with Crippen LogP contribution >= 0.6 is 0 Å². The van der Waals surface area contributed by atoms with E-state index in [2.05, 4.69) is 39.9 Å². The minimum absolute atomic E-state index is 0.251. The van der Waals surface area contributed by atoms with E-state index in [0.717, 1.165) is 25.1 Å². The van der Waals surface area contributed by atoms with E-state index in [1.54, 1.807) is 25.4 Å². The van der Waals surface area contributed by atoms with Crippen LogP contribution < -0.4 is 15.4 Å². The number of anilines is 2. The third kappa shape index (κ3) is 5.57. The van der Waals surface area contributed by atoms with E-state index in [0.29, 0.717) is 17.1 Å². The Kier molecular flexibility index (Phi) is 6.41. The predicted octanol–water partition coefficient (Wildman–Crippen LogP) is 4.39. The fourth-order valence-corrected chi connectivity index (χ4v) is 2.70. The maximum absolute atomic E-state index is 12.3. The molecule has 138 valence electrons. The summed E-state index contributed by atoms with van der Waals surface area (Å²) in [5.74, 6) is 0.440. The number of carbonyl (C=O) groups is 1. The van der Waals surface area contributed by atoms with Crippen LogP contribution in [0, 0.1) is 0 Å². The highest BCUT2D eigenvalue weighted by molar-refractivity contribution is 6.03. The van der Waals surface area contributed by atoms with Crippen LogP contribution in [-0.2, 0) is 6.42 Å². The molecule has 3 aromatic rings. The summed E-state index contributed by atoms with van der Waals surface area (Å²) in [6.07, 6.45) is 3.74. The molecular formula is C22H23N3O2. The number of nitrogens with zero attached hydrogens (tertiary/aromatic N) is 1. The summed E-state index contributed by atoms with van der Waals surface area (Å²) in [5, 5.41) is 6.16. The Hall–Kier alpha value is -3.34. The molecule has 2 N–H and O–H groups in total. The van der Waals surface area contributed by atoms with Gasteiger partial charge in [0, 0.05) is 18.3 Å². The van der Waals surface area contributed by atoms with Crippen molar-refractivity contribution in [2.45, 2.75) is 12.8 Å². The molecule has 0 unspecified atom stereocenters. The van der Waals surface area contributed by atoms with Crippen molar-refractivity contribution in [2.75, 3.05) is 24.3 Å². The first-order valence-corrected chi connectivity index (χ1v) is 8.94. The predicted molar refractivity (Wildman–Crippen MR) is 108 cm³/mol. The van der Waals surface area contributed by atoms with Crippen molar-refractivity contribution in [3.8, 4) is 5.75 Å². The molecule has 5 nitrogen and oxygen atoms in total. The largest absolute Gasteiger partial charge is 0.497 e. The van der Waals surface area contributed by atoms with Crippen LogP contribution in [-0.4, -0.2) is 24.5 Å². The summed E-state index contributed by atoms with van der Waals surface area (Å²) in [5.41, 5.74) is 3.28. The second-order valence-electron chi connectivity index (χ2n) is 6.13. The monoisotopic (exact) mass is 361 g/mol. The number of amides is 1. The minimum Gasteiger partial charge on any atom is -0.497 e. The Morgan fingerprint density at radius 2 is 1.85 bits per heavy atom. The molecule has 0 aliphatic carbocycles. The first-order chi connectivity index (χ1) is 13.2. The third-order valence-electron chi connectivity index (χ3n) is 4.14. The van der Waals surface area contributed by atoms with Crippen LogP contribution in [0.2, 0.25) is 0 Å². The van der Waals surface area contributed by atoms with E-state index in [4.69, 9.17) is 4.74 Å². The number of ether oxygens (including phenoxy) is 1. The van der Waals surface area contributed by atoms with Crippen molar-refractivity contribution in [3.63, 3.8) is 0 Å². The number of hydrogen-bond donors (Lipinski definition) is 2. The average Bonchev–Trinajstić information content (AvgIpc) is 2.72. The van der Waals surface area contributed by atoms with Gasteiger partial charge >= 0.3 is 0 Å². The molecule has 1 aromatic heterocycles. The number of nitrogens with one attached hydrogen (secondary N) is 2. The topological polar surface area (TPSA) is 63.2 Å². The summed E-state index contributed by atoms with van der Waals surface area (Å²) in [7, 11) is 1.59. The number of benzene rings is 2. The number of pyridine rings is 1. The second-order valence-corrected chi connectivity index (χ2v) is 6.13. The lowest BCUT2D eigenvalue weighted by molar-refractivity contribution is 0.102. The fraction of sp³-hybridized carbons (Fsp3) is 0.182. The number of rotatable bonds is 8. The first kappa shape index (κ1) is 18.5. The van der Waals surface area contributed by atoms with Crippen molar-refractivity contribution in [3.05, 3.63) is 84.2 Å². The number of aromatic nitrogens is 1. The molecule has 2 aromatic carbocycles. The highest BCUT2D eigenvalue weighted by atomic mass is 16.5. The lowest BCUT2D eigenvalue weighted by Crippen LogP contribution is -2.14. The number of carbonyl (C=O) groups excluding carboxylic acids is 1. The molecule has 0 saturated heterocycles. The molecule has 0 aliphatic rings. The van der Waals surface area contributed by atoms with Crippen LogP contribution in [0.25, 0.3) is 0 Å². The maximum atomic E-state index is 12.3. The lowest BCUT2D eigenvalue weighted by Gasteiger charge is -2.08. The summed E-state index contributed by atoms with van der Waals surface area (Å²) in [6.45, 7) is 0.853. The number of hydrogen-bond acceptors (Lipinski definition) is 4. The molecule has 0 bridgehead atoms. The molecule has 1 amide bonds. The van der Waals surface area contributed by atoms with Crippen molar-refractivity contribution in [1.82, 2.24) is 4.98 Å². The molecule has 0 atom stereocenters. The van der Waals surface area contributed by atoms with E-state index in [1.807, 2.05) is 30.3 Å². The molecule has 3 rings (SSSR count). The van der Waals surface area contributed by atoms with Gasteiger partial charge in [-0.15, -0.1) is 0 Å². The van der Waals surface area contributed by atoms with Gasteiger partial charge in [-0.3, -0.25) is 4.79 Å². The highest BCUT2D eigenvalue weighted by Gasteiger charge is 2.08. The summed E-state index contributed by atoms with van der Waals surface area (Å²) < 4.78 is 5.16. The van der Waals surface area contributed by atoms with Crippen molar-refractivity contribution < 1.29 is 9.53 Å². The lowest BCUT2D eigenvalue weighted by atomic mass is 10.1. The molecule has 0 saturated carbocycles. The summed E-state index contributed by atoms with van der Waals surface area (Å²) >= 11 is 0. The zero-order valence-electron chi connectivity index (χ0n) is 15.3. The van der Waals surface area contributed by atoms with Gasteiger partial charge in [0.15, 0.2) is 0 Å². The van der Waals surface area contributed by atoms with Crippen molar-refractivity contribution in [2.24, 2.45) is 0 Å².